The lowest BCUT2D eigenvalue weighted by molar-refractivity contribution is 0.104. The summed E-state index contributed by atoms with van der Waals surface area (Å²) in [5.74, 6) is 0.938. The predicted octanol–water partition coefficient (Wildman–Crippen LogP) is 2.97. The maximum atomic E-state index is 13.1. The van der Waals surface area contributed by atoms with Crippen molar-refractivity contribution < 1.29 is 13.5 Å². The Morgan fingerprint density at radius 2 is 2.08 bits per heavy atom. The van der Waals surface area contributed by atoms with Crippen LogP contribution in [-0.4, -0.2) is 46.3 Å². The molecule has 0 bridgehead atoms. The summed E-state index contributed by atoms with van der Waals surface area (Å²) in [7, 11) is 0. The molecule has 2 aromatic rings. The Hall–Kier alpha value is -1.71. The standard InChI is InChI=1S/C17H23F2N5OS/c1-11-2-3-14(23-22-11)25-9-12-4-6-24(7-5-12)13(8-20)16-15(17(18)19)21-10-26-16/h2-3,10,12-13,17H,4-9,20H2,1H3. The first-order valence-electron chi connectivity index (χ1n) is 8.67. The first-order valence-corrected chi connectivity index (χ1v) is 9.55. The molecular formula is C17H23F2N5OS. The van der Waals surface area contributed by atoms with Crippen molar-refractivity contribution in [2.75, 3.05) is 26.2 Å². The van der Waals surface area contributed by atoms with Gasteiger partial charge in [-0.15, -0.1) is 16.4 Å². The zero-order valence-corrected chi connectivity index (χ0v) is 15.5. The number of halogens is 2. The van der Waals surface area contributed by atoms with Crippen LogP contribution in [0.25, 0.3) is 0 Å². The van der Waals surface area contributed by atoms with Crippen molar-refractivity contribution in [1.29, 1.82) is 0 Å². The summed E-state index contributed by atoms with van der Waals surface area (Å²) < 4.78 is 32.0. The molecule has 1 aliphatic heterocycles. The first kappa shape index (κ1) is 19.1. The molecule has 0 saturated carbocycles. The lowest BCUT2D eigenvalue weighted by Gasteiger charge is -2.36. The van der Waals surface area contributed by atoms with Gasteiger partial charge < -0.3 is 10.5 Å². The summed E-state index contributed by atoms with van der Waals surface area (Å²) >= 11 is 1.26. The number of rotatable bonds is 7. The number of aromatic nitrogens is 3. The van der Waals surface area contributed by atoms with Gasteiger partial charge in [0.15, 0.2) is 0 Å². The molecule has 2 aromatic heterocycles. The molecule has 1 aliphatic rings. The Labute approximate surface area is 155 Å². The second kappa shape index (κ2) is 8.79. The fraction of sp³-hybridized carbons (Fsp3) is 0.588. The highest BCUT2D eigenvalue weighted by Gasteiger charge is 2.30. The van der Waals surface area contributed by atoms with E-state index in [-0.39, 0.29) is 11.7 Å². The number of hydrogen-bond donors (Lipinski definition) is 1. The molecule has 0 spiro atoms. The van der Waals surface area contributed by atoms with Gasteiger partial charge in [0, 0.05) is 12.6 Å². The topological polar surface area (TPSA) is 77.2 Å². The van der Waals surface area contributed by atoms with Gasteiger partial charge in [-0.25, -0.2) is 13.8 Å². The number of likely N-dealkylation sites (tertiary alicyclic amines) is 1. The van der Waals surface area contributed by atoms with Crippen molar-refractivity contribution in [3.63, 3.8) is 0 Å². The van der Waals surface area contributed by atoms with Crippen LogP contribution >= 0.6 is 11.3 Å². The van der Waals surface area contributed by atoms with E-state index in [9.17, 15) is 8.78 Å². The minimum atomic E-state index is -2.56. The molecule has 0 radical (unpaired) electrons. The molecule has 9 heteroatoms. The summed E-state index contributed by atoms with van der Waals surface area (Å²) in [4.78, 5) is 6.59. The number of ether oxygens (including phenoxy) is 1. The summed E-state index contributed by atoms with van der Waals surface area (Å²) in [6.07, 6.45) is -0.705. The molecule has 1 saturated heterocycles. The molecule has 3 heterocycles. The molecule has 1 atom stereocenters. The van der Waals surface area contributed by atoms with Gasteiger partial charge >= 0.3 is 0 Å². The SMILES string of the molecule is Cc1ccc(OCC2CCN(C(CN)c3scnc3C(F)F)CC2)nn1. The van der Waals surface area contributed by atoms with Crippen molar-refractivity contribution >= 4 is 11.3 Å². The number of alkyl halides is 2. The molecule has 0 amide bonds. The van der Waals surface area contributed by atoms with Crippen LogP contribution in [0.4, 0.5) is 8.78 Å². The third-order valence-electron chi connectivity index (χ3n) is 4.69. The number of thiazole rings is 1. The van der Waals surface area contributed by atoms with Gasteiger partial charge in [0.2, 0.25) is 5.88 Å². The van der Waals surface area contributed by atoms with E-state index in [1.54, 1.807) is 0 Å². The van der Waals surface area contributed by atoms with E-state index < -0.39 is 6.43 Å². The largest absolute Gasteiger partial charge is 0.476 e. The van der Waals surface area contributed by atoms with Gasteiger partial charge in [-0.1, -0.05) is 0 Å². The Balaban J connectivity index is 1.53. The van der Waals surface area contributed by atoms with Gasteiger partial charge in [0.1, 0.15) is 5.69 Å². The second-order valence-electron chi connectivity index (χ2n) is 6.46. The maximum absolute atomic E-state index is 13.1. The minimum Gasteiger partial charge on any atom is -0.476 e. The van der Waals surface area contributed by atoms with E-state index in [1.807, 2.05) is 19.1 Å². The van der Waals surface area contributed by atoms with E-state index in [4.69, 9.17) is 10.5 Å². The predicted molar refractivity (Wildman–Crippen MR) is 95.4 cm³/mol. The normalized spacial score (nSPS) is 17.6. The van der Waals surface area contributed by atoms with Crippen LogP contribution in [0.3, 0.4) is 0 Å². The molecular weight excluding hydrogens is 360 g/mol. The van der Waals surface area contributed by atoms with Crippen molar-refractivity contribution in [3.8, 4) is 5.88 Å². The molecule has 1 unspecified atom stereocenters. The molecule has 142 valence electrons. The van der Waals surface area contributed by atoms with E-state index >= 15 is 0 Å². The third kappa shape index (κ3) is 4.52. The highest BCUT2D eigenvalue weighted by molar-refractivity contribution is 7.09. The summed E-state index contributed by atoms with van der Waals surface area (Å²) in [5.41, 5.74) is 8.09. The Bertz CT molecular complexity index is 689. The average molecular weight is 383 g/mol. The van der Waals surface area contributed by atoms with E-state index in [0.717, 1.165) is 31.6 Å². The lowest BCUT2D eigenvalue weighted by Crippen LogP contribution is -2.41. The highest BCUT2D eigenvalue weighted by atomic mass is 32.1. The molecule has 1 fully saturated rings. The van der Waals surface area contributed by atoms with Crippen LogP contribution in [0.1, 0.15) is 41.6 Å². The van der Waals surface area contributed by atoms with Crippen molar-refractivity contribution in [1.82, 2.24) is 20.1 Å². The summed E-state index contributed by atoms with van der Waals surface area (Å²) in [5, 5.41) is 7.98. The monoisotopic (exact) mass is 383 g/mol. The maximum Gasteiger partial charge on any atom is 0.281 e. The molecule has 6 nitrogen and oxygen atoms in total. The fourth-order valence-corrected chi connectivity index (χ4v) is 4.14. The van der Waals surface area contributed by atoms with Gasteiger partial charge in [-0.3, -0.25) is 4.90 Å². The molecule has 2 N–H and O–H groups in total. The molecule has 0 aromatic carbocycles. The lowest BCUT2D eigenvalue weighted by atomic mass is 9.96. The number of aryl methyl sites for hydroxylation is 1. The Morgan fingerprint density at radius 1 is 1.31 bits per heavy atom. The first-order chi connectivity index (χ1) is 12.6. The quantitative estimate of drug-likeness (QED) is 0.792. The van der Waals surface area contributed by atoms with E-state index in [0.29, 0.717) is 29.8 Å². The fourth-order valence-electron chi connectivity index (χ4n) is 3.20. The summed E-state index contributed by atoms with van der Waals surface area (Å²) in [6.45, 7) is 4.37. The second-order valence-corrected chi connectivity index (χ2v) is 7.34. The van der Waals surface area contributed by atoms with Crippen molar-refractivity contribution in [3.05, 3.63) is 33.9 Å². The molecule has 0 aliphatic carbocycles. The van der Waals surface area contributed by atoms with Gasteiger partial charge in [0.05, 0.1) is 28.7 Å². The van der Waals surface area contributed by atoms with E-state index in [1.165, 1.54) is 16.8 Å². The third-order valence-corrected chi connectivity index (χ3v) is 5.63. The van der Waals surface area contributed by atoms with Gasteiger partial charge in [0.25, 0.3) is 6.43 Å². The van der Waals surface area contributed by atoms with E-state index in [2.05, 4.69) is 20.1 Å². The molecule has 3 rings (SSSR count). The molecule has 26 heavy (non-hydrogen) atoms. The van der Waals surface area contributed by atoms with Gasteiger partial charge in [-0.2, -0.15) is 5.10 Å². The number of nitrogens with two attached hydrogens (primary N) is 1. The van der Waals surface area contributed by atoms with Crippen LogP contribution in [0.5, 0.6) is 5.88 Å². The van der Waals surface area contributed by atoms with Crippen molar-refractivity contribution in [2.45, 2.75) is 32.2 Å². The van der Waals surface area contributed by atoms with Crippen LogP contribution in [0, 0.1) is 12.8 Å². The number of nitrogens with zero attached hydrogens (tertiary/aromatic N) is 4. The zero-order valence-electron chi connectivity index (χ0n) is 14.6. The smallest absolute Gasteiger partial charge is 0.281 e. The van der Waals surface area contributed by atoms with Crippen LogP contribution in [0.15, 0.2) is 17.6 Å². The number of piperidine rings is 1. The summed E-state index contributed by atoms with van der Waals surface area (Å²) in [6, 6.07) is 3.49. The minimum absolute atomic E-state index is 0.131. The zero-order chi connectivity index (χ0) is 18.5. The van der Waals surface area contributed by atoms with Crippen LogP contribution < -0.4 is 10.5 Å². The van der Waals surface area contributed by atoms with Gasteiger partial charge in [-0.05, 0) is 44.8 Å². The van der Waals surface area contributed by atoms with Crippen molar-refractivity contribution in [2.24, 2.45) is 11.7 Å². The number of hydrogen-bond acceptors (Lipinski definition) is 7. The highest BCUT2D eigenvalue weighted by Crippen LogP contribution is 2.34. The Kier molecular flexibility index (Phi) is 6.44. The van der Waals surface area contributed by atoms with Crippen LogP contribution in [0.2, 0.25) is 0 Å². The average Bonchev–Trinajstić information content (AvgIpc) is 3.13. The Morgan fingerprint density at radius 3 is 2.69 bits per heavy atom. The van der Waals surface area contributed by atoms with Crippen LogP contribution in [-0.2, 0) is 0 Å².